The molecule has 0 aliphatic rings. The molecule has 0 saturated carbocycles. The second kappa shape index (κ2) is 6.04. The highest BCUT2D eigenvalue weighted by Gasteiger charge is 2.12. The number of rotatable bonds is 3. The van der Waals surface area contributed by atoms with Crippen molar-refractivity contribution in [2.75, 3.05) is 17.7 Å². The third kappa shape index (κ3) is 3.45. The molecule has 0 spiro atoms. The van der Waals surface area contributed by atoms with Crippen LogP contribution in [-0.4, -0.2) is 17.9 Å². The molecule has 0 unspecified atom stereocenters. The molecule has 4 nitrogen and oxygen atoms in total. The van der Waals surface area contributed by atoms with E-state index in [9.17, 15) is 4.79 Å². The molecule has 2 N–H and O–H groups in total. The monoisotopic (exact) mass is 339 g/mol. The number of nitrogens with one attached hydrogen (secondary N) is 2. The summed E-state index contributed by atoms with van der Waals surface area (Å²) >= 11 is 9.33. The van der Waals surface area contributed by atoms with E-state index in [2.05, 4.69) is 31.5 Å². The molecule has 0 fully saturated rings. The summed E-state index contributed by atoms with van der Waals surface area (Å²) < 4.78 is 0.891. The highest BCUT2D eigenvalue weighted by atomic mass is 79.9. The van der Waals surface area contributed by atoms with Crippen molar-refractivity contribution in [2.45, 2.75) is 0 Å². The summed E-state index contributed by atoms with van der Waals surface area (Å²) in [6, 6.07) is 8.94. The molecule has 2 aromatic rings. The second-order valence-corrected chi connectivity index (χ2v) is 5.09. The molecule has 0 atom stereocenters. The lowest BCUT2D eigenvalue weighted by Crippen LogP contribution is -2.13. The van der Waals surface area contributed by atoms with Gasteiger partial charge >= 0.3 is 0 Å². The molecule has 1 aromatic carbocycles. The number of halogens is 2. The predicted octanol–water partition coefficient (Wildman–Crippen LogP) is 3.79. The summed E-state index contributed by atoms with van der Waals surface area (Å²) in [4.78, 5) is 16.2. The minimum atomic E-state index is -0.276. The Morgan fingerprint density at radius 2 is 2.16 bits per heavy atom. The number of nitrogens with zero attached hydrogens (tertiary/aromatic N) is 1. The lowest BCUT2D eigenvalue weighted by Gasteiger charge is -2.08. The van der Waals surface area contributed by atoms with Crippen LogP contribution in [0.5, 0.6) is 0 Å². The van der Waals surface area contributed by atoms with Crippen molar-refractivity contribution in [3.05, 3.63) is 51.6 Å². The third-order valence-corrected chi connectivity index (χ3v) is 3.23. The van der Waals surface area contributed by atoms with Gasteiger partial charge in [-0.15, -0.1) is 0 Å². The molecule has 1 heterocycles. The molecule has 0 saturated heterocycles. The van der Waals surface area contributed by atoms with Gasteiger partial charge in [-0.25, -0.2) is 4.98 Å². The first-order valence-corrected chi connectivity index (χ1v) is 6.67. The first-order chi connectivity index (χ1) is 9.10. The third-order valence-electron chi connectivity index (χ3n) is 2.44. The average Bonchev–Trinajstić information content (AvgIpc) is 2.39. The van der Waals surface area contributed by atoms with E-state index in [4.69, 9.17) is 11.6 Å². The lowest BCUT2D eigenvalue weighted by molar-refractivity contribution is 0.102. The Morgan fingerprint density at radius 3 is 2.84 bits per heavy atom. The second-order valence-electron chi connectivity index (χ2n) is 3.76. The van der Waals surface area contributed by atoms with Gasteiger partial charge in [0.05, 0.1) is 10.6 Å². The Balaban J connectivity index is 2.25. The number of carbonyl (C=O) groups excluding carboxylic acids is 1. The van der Waals surface area contributed by atoms with E-state index >= 15 is 0 Å². The van der Waals surface area contributed by atoms with Gasteiger partial charge in [-0.05, 0) is 24.3 Å². The molecule has 19 heavy (non-hydrogen) atoms. The molecule has 6 heteroatoms. The summed E-state index contributed by atoms with van der Waals surface area (Å²) in [6.07, 6.45) is 1.45. The summed E-state index contributed by atoms with van der Waals surface area (Å²) in [5.41, 5.74) is 1.07. The number of hydrogen-bond donors (Lipinski definition) is 2. The number of hydrogen-bond acceptors (Lipinski definition) is 3. The predicted molar refractivity (Wildman–Crippen MR) is 80.9 cm³/mol. The van der Waals surface area contributed by atoms with Gasteiger partial charge in [-0.2, -0.15) is 0 Å². The van der Waals surface area contributed by atoms with Crippen LogP contribution >= 0.6 is 27.5 Å². The maximum absolute atomic E-state index is 12.1. The van der Waals surface area contributed by atoms with Crippen LogP contribution in [0.15, 0.2) is 41.0 Å². The van der Waals surface area contributed by atoms with Gasteiger partial charge < -0.3 is 10.6 Å². The fourth-order valence-electron chi connectivity index (χ4n) is 1.51. The zero-order valence-electron chi connectivity index (χ0n) is 10.1. The van der Waals surface area contributed by atoms with Crippen molar-refractivity contribution in [1.82, 2.24) is 4.98 Å². The van der Waals surface area contributed by atoms with E-state index in [1.54, 1.807) is 19.2 Å². The molecule has 1 amide bonds. The highest BCUT2D eigenvalue weighted by molar-refractivity contribution is 9.10. The maximum atomic E-state index is 12.1. The van der Waals surface area contributed by atoms with Crippen LogP contribution in [0.1, 0.15) is 10.4 Å². The van der Waals surface area contributed by atoms with Crippen LogP contribution in [0.3, 0.4) is 0 Å². The van der Waals surface area contributed by atoms with Gasteiger partial charge in [-0.1, -0.05) is 33.6 Å². The van der Waals surface area contributed by atoms with Gasteiger partial charge in [0.2, 0.25) is 0 Å². The minimum absolute atomic E-state index is 0.276. The Morgan fingerprint density at radius 1 is 1.37 bits per heavy atom. The standard InChI is InChI=1S/C13H11BrClN3O/c1-16-12-6-10(11(15)7-17-12)13(19)18-9-4-2-3-8(14)5-9/h2-7H,1H3,(H,16,17)(H,18,19). The van der Waals surface area contributed by atoms with E-state index in [0.29, 0.717) is 22.1 Å². The number of amides is 1. The molecule has 0 aliphatic carbocycles. The summed E-state index contributed by atoms with van der Waals surface area (Å²) in [5, 5.41) is 5.96. The Hall–Kier alpha value is -1.59. The topological polar surface area (TPSA) is 54.0 Å². The molecule has 0 radical (unpaired) electrons. The fourth-order valence-corrected chi connectivity index (χ4v) is 2.10. The van der Waals surface area contributed by atoms with Gasteiger partial charge in [0, 0.05) is 23.4 Å². The van der Waals surface area contributed by atoms with Crippen molar-refractivity contribution in [1.29, 1.82) is 0 Å². The van der Waals surface area contributed by atoms with E-state index in [1.165, 1.54) is 6.20 Å². The zero-order valence-corrected chi connectivity index (χ0v) is 12.4. The number of benzene rings is 1. The van der Waals surface area contributed by atoms with Crippen molar-refractivity contribution in [3.8, 4) is 0 Å². The molecular weight excluding hydrogens is 330 g/mol. The van der Waals surface area contributed by atoms with E-state index in [-0.39, 0.29) is 5.91 Å². The molecule has 2 rings (SSSR count). The molecule has 98 valence electrons. The first-order valence-electron chi connectivity index (χ1n) is 5.50. The van der Waals surface area contributed by atoms with Crippen LogP contribution in [-0.2, 0) is 0 Å². The number of anilines is 2. The largest absolute Gasteiger partial charge is 0.373 e. The van der Waals surface area contributed by atoms with Crippen LogP contribution in [0, 0.1) is 0 Å². The molecule has 0 bridgehead atoms. The van der Waals surface area contributed by atoms with E-state index in [0.717, 1.165) is 4.47 Å². The minimum Gasteiger partial charge on any atom is -0.373 e. The number of pyridine rings is 1. The van der Waals surface area contributed by atoms with Crippen LogP contribution in [0.25, 0.3) is 0 Å². The van der Waals surface area contributed by atoms with Crippen molar-refractivity contribution in [2.24, 2.45) is 0 Å². The molecular formula is C13H11BrClN3O. The van der Waals surface area contributed by atoms with Gasteiger partial charge in [0.25, 0.3) is 5.91 Å². The maximum Gasteiger partial charge on any atom is 0.257 e. The SMILES string of the molecule is CNc1cc(C(=O)Nc2cccc(Br)c2)c(Cl)cn1. The summed E-state index contributed by atoms with van der Waals surface area (Å²) in [5.74, 6) is 0.311. The fraction of sp³-hybridized carbons (Fsp3) is 0.0769. The van der Waals surface area contributed by atoms with Crippen LogP contribution in [0.4, 0.5) is 11.5 Å². The van der Waals surface area contributed by atoms with Crippen LogP contribution < -0.4 is 10.6 Å². The van der Waals surface area contributed by atoms with Crippen molar-refractivity contribution < 1.29 is 4.79 Å². The summed E-state index contributed by atoms with van der Waals surface area (Å²) in [7, 11) is 1.73. The smallest absolute Gasteiger partial charge is 0.257 e. The Bertz CT molecular complexity index is 619. The normalized spacial score (nSPS) is 10.1. The van der Waals surface area contributed by atoms with Gasteiger partial charge in [0.15, 0.2) is 0 Å². The zero-order chi connectivity index (χ0) is 13.8. The number of aromatic nitrogens is 1. The van der Waals surface area contributed by atoms with Gasteiger partial charge in [-0.3, -0.25) is 4.79 Å². The number of carbonyl (C=O) groups is 1. The van der Waals surface area contributed by atoms with Gasteiger partial charge in [0.1, 0.15) is 5.82 Å². The molecule has 0 aliphatic heterocycles. The highest BCUT2D eigenvalue weighted by Crippen LogP contribution is 2.21. The summed E-state index contributed by atoms with van der Waals surface area (Å²) in [6.45, 7) is 0. The Labute approximate surface area is 124 Å². The van der Waals surface area contributed by atoms with E-state index in [1.807, 2.05) is 18.2 Å². The molecule has 1 aromatic heterocycles. The van der Waals surface area contributed by atoms with E-state index < -0.39 is 0 Å². The van der Waals surface area contributed by atoms with Crippen LogP contribution in [0.2, 0.25) is 5.02 Å². The lowest BCUT2D eigenvalue weighted by atomic mass is 10.2. The van der Waals surface area contributed by atoms with Crippen molar-refractivity contribution >= 4 is 44.9 Å². The quantitative estimate of drug-likeness (QED) is 0.894. The Kier molecular flexibility index (Phi) is 4.39. The first kappa shape index (κ1) is 13.8. The van der Waals surface area contributed by atoms with Crippen molar-refractivity contribution in [3.63, 3.8) is 0 Å². The average molecular weight is 341 g/mol.